The number of anilines is 1. The second-order valence-electron chi connectivity index (χ2n) is 7.81. The van der Waals surface area contributed by atoms with E-state index in [0.29, 0.717) is 27.4 Å². The fourth-order valence-electron chi connectivity index (χ4n) is 3.58. The third-order valence-electron chi connectivity index (χ3n) is 5.33. The zero-order valence-electron chi connectivity index (χ0n) is 18.9. The van der Waals surface area contributed by atoms with Crippen LogP contribution in [0.3, 0.4) is 0 Å². The molecule has 1 amide bonds. The molecule has 180 valence electrons. The molecule has 5 nitrogen and oxygen atoms in total. The molecule has 9 heteroatoms. The molecule has 0 spiro atoms. The van der Waals surface area contributed by atoms with Gasteiger partial charge in [-0.25, -0.2) is 9.97 Å². The SMILES string of the molecule is O=C(CCSc1nc(-c2ccccc2)c(-c2ccccc2)[nH]1)Nc1nc(-c2ccc(Cl)c(Cl)c2)cs1. The number of carbonyl (C=O) groups is 1. The van der Waals surface area contributed by atoms with Crippen LogP contribution < -0.4 is 5.32 Å². The van der Waals surface area contributed by atoms with Gasteiger partial charge in [-0.1, -0.05) is 102 Å². The molecule has 2 aromatic heterocycles. The maximum atomic E-state index is 12.5. The van der Waals surface area contributed by atoms with E-state index in [9.17, 15) is 4.79 Å². The predicted molar refractivity (Wildman–Crippen MR) is 151 cm³/mol. The Balaban J connectivity index is 1.22. The number of carbonyl (C=O) groups excluding carboxylic acids is 1. The first kappa shape index (κ1) is 24.6. The highest BCUT2D eigenvalue weighted by atomic mass is 35.5. The summed E-state index contributed by atoms with van der Waals surface area (Å²) in [6.45, 7) is 0. The minimum Gasteiger partial charge on any atom is -0.332 e. The molecule has 0 atom stereocenters. The molecule has 0 aliphatic rings. The monoisotopic (exact) mass is 550 g/mol. The van der Waals surface area contributed by atoms with Crippen LogP contribution in [0.25, 0.3) is 33.8 Å². The van der Waals surface area contributed by atoms with Crippen molar-refractivity contribution in [3.05, 3.63) is 94.3 Å². The lowest BCUT2D eigenvalue weighted by atomic mass is 10.1. The molecule has 0 saturated carbocycles. The van der Waals surface area contributed by atoms with E-state index in [1.165, 1.54) is 23.1 Å². The van der Waals surface area contributed by atoms with E-state index in [1.807, 2.05) is 60.0 Å². The number of thioether (sulfide) groups is 1. The van der Waals surface area contributed by atoms with E-state index >= 15 is 0 Å². The molecule has 0 aliphatic carbocycles. The zero-order chi connectivity index (χ0) is 24.9. The Bertz CT molecular complexity index is 1430. The van der Waals surface area contributed by atoms with E-state index in [4.69, 9.17) is 28.2 Å². The third kappa shape index (κ3) is 5.82. The Morgan fingerprint density at radius 1 is 0.889 bits per heavy atom. The summed E-state index contributed by atoms with van der Waals surface area (Å²) in [6, 6.07) is 25.5. The van der Waals surface area contributed by atoms with Crippen molar-refractivity contribution in [1.29, 1.82) is 0 Å². The van der Waals surface area contributed by atoms with Gasteiger partial charge in [0.2, 0.25) is 5.91 Å². The number of H-pyrrole nitrogens is 1. The molecule has 0 aliphatic heterocycles. The van der Waals surface area contributed by atoms with Crippen molar-refractivity contribution >= 4 is 57.3 Å². The van der Waals surface area contributed by atoms with Gasteiger partial charge in [-0.15, -0.1) is 11.3 Å². The van der Waals surface area contributed by atoms with Crippen LogP contribution in [0.5, 0.6) is 0 Å². The predicted octanol–water partition coefficient (Wildman–Crippen LogP) is 8.29. The topological polar surface area (TPSA) is 70.7 Å². The fourth-order valence-corrected chi connectivity index (χ4v) is 5.42. The van der Waals surface area contributed by atoms with Gasteiger partial charge in [-0.2, -0.15) is 0 Å². The van der Waals surface area contributed by atoms with Gasteiger partial charge in [0, 0.05) is 34.2 Å². The van der Waals surface area contributed by atoms with Crippen LogP contribution in [0, 0.1) is 0 Å². The third-order valence-corrected chi connectivity index (χ3v) is 7.70. The van der Waals surface area contributed by atoms with Gasteiger partial charge in [0.15, 0.2) is 10.3 Å². The van der Waals surface area contributed by atoms with Crippen LogP contribution in [0.15, 0.2) is 89.4 Å². The number of thiazole rings is 1. The fraction of sp³-hybridized carbons (Fsp3) is 0.0741. The summed E-state index contributed by atoms with van der Waals surface area (Å²) in [4.78, 5) is 25.3. The highest BCUT2D eigenvalue weighted by molar-refractivity contribution is 7.99. The lowest BCUT2D eigenvalue weighted by molar-refractivity contribution is -0.115. The first-order chi connectivity index (χ1) is 17.6. The second kappa shape index (κ2) is 11.3. The van der Waals surface area contributed by atoms with Crippen molar-refractivity contribution in [1.82, 2.24) is 15.0 Å². The van der Waals surface area contributed by atoms with E-state index in [0.717, 1.165) is 38.9 Å². The van der Waals surface area contributed by atoms with Crippen molar-refractivity contribution in [2.45, 2.75) is 11.6 Å². The number of hydrogen-bond acceptors (Lipinski definition) is 5. The van der Waals surface area contributed by atoms with E-state index in [-0.39, 0.29) is 5.91 Å². The number of hydrogen-bond donors (Lipinski definition) is 2. The summed E-state index contributed by atoms with van der Waals surface area (Å²) in [5.74, 6) is 0.475. The van der Waals surface area contributed by atoms with E-state index < -0.39 is 0 Å². The largest absolute Gasteiger partial charge is 0.332 e. The Kier molecular flexibility index (Phi) is 7.72. The standard InChI is InChI=1S/C27H20Cl2N4OS2/c28-20-12-11-19(15-21(20)29)22-16-36-26(30-22)31-23(34)13-14-35-27-32-24(17-7-3-1-4-8-17)25(33-27)18-9-5-2-6-10-18/h1-12,15-16H,13-14H2,(H,32,33)(H,30,31,34). The molecule has 2 N–H and O–H groups in total. The van der Waals surface area contributed by atoms with Crippen LogP contribution in [0.1, 0.15) is 6.42 Å². The molecular weight excluding hydrogens is 531 g/mol. The lowest BCUT2D eigenvalue weighted by Crippen LogP contribution is -2.12. The van der Waals surface area contributed by atoms with Crippen LogP contribution in [0.2, 0.25) is 10.0 Å². The Morgan fingerprint density at radius 3 is 2.33 bits per heavy atom. The molecule has 3 aromatic carbocycles. The van der Waals surface area contributed by atoms with Crippen molar-refractivity contribution in [3.63, 3.8) is 0 Å². The van der Waals surface area contributed by atoms with Crippen molar-refractivity contribution < 1.29 is 4.79 Å². The van der Waals surface area contributed by atoms with Gasteiger partial charge in [-0.05, 0) is 12.1 Å². The number of nitrogens with one attached hydrogen (secondary N) is 2. The van der Waals surface area contributed by atoms with Gasteiger partial charge in [0.05, 0.1) is 27.1 Å². The number of nitrogens with zero attached hydrogens (tertiary/aromatic N) is 2. The maximum Gasteiger partial charge on any atom is 0.226 e. The lowest BCUT2D eigenvalue weighted by Gasteiger charge is -2.02. The summed E-state index contributed by atoms with van der Waals surface area (Å²) in [5, 5.41) is 7.03. The number of aromatic nitrogens is 3. The van der Waals surface area contributed by atoms with Gasteiger partial charge >= 0.3 is 0 Å². The molecule has 0 saturated heterocycles. The molecule has 0 unspecified atom stereocenters. The van der Waals surface area contributed by atoms with Gasteiger partial charge in [0.1, 0.15) is 0 Å². The minimum atomic E-state index is -0.101. The highest BCUT2D eigenvalue weighted by Crippen LogP contribution is 2.33. The Morgan fingerprint density at radius 2 is 1.61 bits per heavy atom. The van der Waals surface area contributed by atoms with Crippen LogP contribution in [0.4, 0.5) is 5.13 Å². The van der Waals surface area contributed by atoms with Crippen LogP contribution in [-0.4, -0.2) is 26.6 Å². The summed E-state index contributed by atoms with van der Waals surface area (Å²) in [7, 11) is 0. The van der Waals surface area contributed by atoms with Crippen molar-refractivity contribution in [3.8, 4) is 33.8 Å². The number of imidazole rings is 1. The molecule has 5 aromatic rings. The van der Waals surface area contributed by atoms with Gasteiger partial charge in [0.25, 0.3) is 0 Å². The number of aromatic amines is 1. The maximum absolute atomic E-state index is 12.5. The minimum absolute atomic E-state index is 0.101. The number of rotatable bonds is 8. The van der Waals surface area contributed by atoms with Crippen molar-refractivity contribution in [2.75, 3.05) is 11.1 Å². The smallest absolute Gasteiger partial charge is 0.226 e. The first-order valence-electron chi connectivity index (χ1n) is 11.1. The number of halogens is 2. The first-order valence-corrected chi connectivity index (χ1v) is 13.7. The van der Waals surface area contributed by atoms with Crippen molar-refractivity contribution in [2.24, 2.45) is 0 Å². The normalized spacial score (nSPS) is 10.9. The van der Waals surface area contributed by atoms with E-state index in [2.05, 4.69) is 27.4 Å². The molecule has 36 heavy (non-hydrogen) atoms. The molecular formula is C27H20Cl2N4OS2. The quantitative estimate of drug-likeness (QED) is 0.190. The molecule has 5 rings (SSSR count). The van der Waals surface area contributed by atoms with Gasteiger partial charge < -0.3 is 10.3 Å². The molecule has 0 fully saturated rings. The Labute approximate surface area is 226 Å². The molecule has 0 radical (unpaired) electrons. The summed E-state index contributed by atoms with van der Waals surface area (Å²) in [6.07, 6.45) is 0.328. The summed E-state index contributed by atoms with van der Waals surface area (Å²) < 4.78 is 0. The molecule has 0 bridgehead atoms. The zero-order valence-corrected chi connectivity index (χ0v) is 22.0. The average Bonchev–Trinajstić information content (AvgIpc) is 3.54. The van der Waals surface area contributed by atoms with Crippen LogP contribution in [-0.2, 0) is 4.79 Å². The summed E-state index contributed by atoms with van der Waals surface area (Å²) >= 11 is 15.0. The van der Waals surface area contributed by atoms with Crippen LogP contribution >= 0.6 is 46.3 Å². The molecule has 2 heterocycles. The number of benzene rings is 3. The van der Waals surface area contributed by atoms with Gasteiger partial charge in [-0.3, -0.25) is 4.79 Å². The average molecular weight is 552 g/mol. The second-order valence-corrected chi connectivity index (χ2v) is 10.6. The summed E-state index contributed by atoms with van der Waals surface area (Å²) in [5.41, 5.74) is 5.55. The highest BCUT2D eigenvalue weighted by Gasteiger charge is 2.15. The Hall–Kier alpha value is -3.10. The van der Waals surface area contributed by atoms with E-state index in [1.54, 1.807) is 12.1 Å². The number of amides is 1.